The fourth-order valence-electron chi connectivity index (χ4n) is 3.58. The van der Waals surface area contributed by atoms with Gasteiger partial charge in [-0.15, -0.1) is 0 Å². The van der Waals surface area contributed by atoms with Crippen molar-refractivity contribution in [2.24, 2.45) is 0 Å². The normalized spacial score (nSPS) is 16.1. The standard InChI is InChI=1S/C22H30N2O/c1-18(23-14-7-17-24-15-5-6-16-24)19-10-12-20(13-11-19)21-8-3-4-9-22(21)25-2/h3-4,8-13,18,23H,5-7,14-17H2,1-2H3. The Bertz CT molecular complexity index is 647. The largest absolute Gasteiger partial charge is 0.496 e. The second-order valence-corrected chi connectivity index (χ2v) is 6.90. The van der Waals surface area contributed by atoms with Crippen molar-refractivity contribution in [1.82, 2.24) is 10.2 Å². The summed E-state index contributed by atoms with van der Waals surface area (Å²) >= 11 is 0. The van der Waals surface area contributed by atoms with Crippen LogP contribution < -0.4 is 10.1 Å². The highest BCUT2D eigenvalue weighted by molar-refractivity contribution is 5.70. The maximum absolute atomic E-state index is 5.47. The van der Waals surface area contributed by atoms with Crippen LogP contribution in [0.15, 0.2) is 48.5 Å². The molecule has 0 saturated carbocycles. The Balaban J connectivity index is 1.52. The molecule has 1 N–H and O–H groups in total. The van der Waals surface area contributed by atoms with Gasteiger partial charge in [-0.3, -0.25) is 0 Å². The Morgan fingerprint density at radius 1 is 1.04 bits per heavy atom. The first kappa shape index (κ1) is 18.0. The molecule has 1 atom stereocenters. The number of hydrogen-bond donors (Lipinski definition) is 1. The quantitative estimate of drug-likeness (QED) is 0.717. The van der Waals surface area contributed by atoms with Crippen molar-refractivity contribution in [1.29, 1.82) is 0 Å². The molecule has 0 aliphatic carbocycles. The van der Waals surface area contributed by atoms with Gasteiger partial charge in [-0.2, -0.15) is 0 Å². The third-order valence-corrected chi connectivity index (χ3v) is 5.13. The molecule has 0 spiro atoms. The molecule has 3 heteroatoms. The predicted octanol–water partition coefficient (Wildman–Crippen LogP) is 4.50. The molecule has 2 aromatic carbocycles. The highest BCUT2D eigenvalue weighted by Gasteiger charge is 2.11. The summed E-state index contributed by atoms with van der Waals surface area (Å²) < 4.78 is 5.47. The second kappa shape index (κ2) is 9.02. The highest BCUT2D eigenvalue weighted by Crippen LogP contribution is 2.30. The maximum atomic E-state index is 5.47. The van der Waals surface area contributed by atoms with Crippen LogP contribution in [0.3, 0.4) is 0 Å². The zero-order valence-electron chi connectivity index (χ0n) is 15.5. The van der Waals surface area contributed by atoms with Gasteiger partial charge in [0.25, 0.3) is 0 Å². The van der Waals surface area contributed by atoms with Gasteiger partial charge in [-0.25, -0.2) is 0 Å². The summed E-state index contributed by atoms with van der Waals surface area (Å²) in [6, 6.07) is 17.4. The van der Waals surface area contributed by atoms with Crippen molar-refractivity contribution < 1.29 is 4.74 Å². The van der Waals surface area contributed by atoms with Gasteiger partial charge in [0.1, 0.15) is 5.75 Å². The number of rotatable bonds is 8. The van der Waals surface area contributed by atoms with Gasteiger partial charge in [0.2, 0.25) is 0 Å². The van der Waals surface area contributed by atoms with Crippen LogP contribution in [0.25, 0.3) is 11.1 Å². The van der Waals surface area contributed by atoms with Crippen LogP contribution in [0.4, 0.5) is 0 Å². The Labute approximate surface area is 152 Å². The number of methoxy groups -OCH3 is 1. The lowest BCUT2D eigenvalue weighted by molar-refractivity contribution is 0.328. The number of hydrogen-bond acceptors (Lipinski definition) is 3. The summed E-state index contributed by atoms with van der Waals surface area (Å²) in [6.45, 7) is 7.13. The molecule has 3 nitrogen and oxygen atoms in total. The van der Waals surface area contributed by atoms with E-state index in [1.165, 1.54) is 50.0 Å². The van der Waals surface area contributed by atoms with E-state index in [0.29, 0.717) is 6.04 Å². The summed E-state index contributed by atoms with van der Waals surface area (Å²) in [7, 11) is 1.72. The fourth-order valence-corrected chi connectivity index (χ4v) is 3.58. The molecule has 1 aliphatic heterocycles. The number of likely N-dealkylation sites (tertiary alicyclic amines) is 1. The summed E-state index contributed by atoms with van der Waals surface area (Å²) in [5.41, 5.74) is 3.67. The number of benzene rings is 2. The van der Waals surface area contributed by atoms with Gasteiger partial charge < -0.3 is 15.0 Å². The Kier molecular flexibility index (Phi) is 6.48. The first-order valence-electron chi connectivity index (χ1n) is 9.47. The zero-order valence-corrected chi connectivity index (χ0v) is 15.5. The number of para-hydroxylation sites is 1. The second-order valence-electron chi connectivity index (χ2n) is 6.90. The van der Waals surface area contributed by atoms with E-state index in [-0.39, 0.29) is 0 Å². The van der Waals surface area contributed by atoms with Crippen LogP contribution in [0.2, 0.25) is 0 Å². The van der Waals surface area contributed by atoms with Crippen molar-refractivity contribution in [2.75, 3.05) is 33.3 Å². The van der Waals surface area contributed by atoms with Crippen LogP contribution in [-0.2, 0) is 0 Å². The van der Waals surface area contributed by atoms with E-state index >= 15 is 0 Å². The third kappa shape index (κ3) is 4.83. The van der Waals surface area contributed by atoms with E-state index in [1.807, 2.05) is 12.1 Å². The lowest BCUT2D eigenvalue weighted by Crippen LogP contribution is -2.26. The molecule has 134 valence electrons. The average Bonchev–Trinajstić information content (AvgIpc) is 3.18. The number of nitrogens with one attached hydrogen (secondary N) is 1. The monoisotopic (exact) mass is 338 g/mol. The average molecular weight is 338 g/mol. The van der Waals surface area contributed by atoms with Gasteiger partial charge in [0.15, 0.2) is 0 Å². The lowest BCUT2D eigenvalue weighted by Gasteiger charge is -2.18. The van der Waals surface area contributed by atoms with E-state index in [0.717, 1.165) is 17.9 Å². The molecule has 0 bridgehead atoms. The third-order valence-electron chi connectivity index (χ3n) is 5.13. The minimum atomic E-state index is 0.380. The summed E-state index contributed by atoms with van der Waals surface area (Å²) in [5.74, 6) is 0.920. The molecular formula is C22H30N2O. The number of nitrogens with zero attached hydrogens (tertiary/aromatic N) is 1. The highest BCUT2D eigenvalue weighted by atomic mass is 16.5. The van der Waals surface area contributed by atoms with Crippen LogP contribution in [0, 0.1) is 0 Å². The first-order valence-corrected chi connectivity index (χ1v) is 9.47. The molecule has 1 saturated heterocycles. The molecule has 3 rings (SSSR count). The van der Waals surface area contributed by atoms with Crippen LogP contribution >= 0.6 is 0 Å². The molecular weight excluding hydrogens is 308 g/mol. The van der Waals surface area contributed by atoms with Crippen molar-refractivity contribution in [3.63, 3.8) is 0 Å². The number of ether oxygens (including phenoxy) is 1. The van der Waals surface area contributed by atoms with Gasteiger partial charge in [0, 0.05) is 11.6 Å². The van der Waals surface area contributed by atoms with Gasteiger partial charge in [-0.05, 0) is 69.6 Å². The van der Waals surface area contributed by atoms with Gasteiger partial charge in [-0.1, -0.05) is 42.5 Å². The first-order chi connectivity index (χ1) is 12.3. The van der Waals surface area contributed by atoms with E-state index in [1.54, 1.807) is 7.11 Å². The van der Waals surface area contributed by atoms with Crippen molar-refractivity contribution >= 4 is 0 Å². The van der Waals surface area contributed by atoms with Crippen molar-refractivity contribution in [3.8, 4) is 16.9 Å². The molecule has 2 aromatic rings. The Morgan fingerprint density at radius 2 is 1.76 bits per heavy atom. The molecule has 0 amide bonds. The summed E-state index contributed by atoms with van der Waals surface area (Å²) in [5, 5.41) is 3.65. The summed E-state index contributed by atoms with van der Waals surface area (Å²) in [6.07, 6.45) is 3.98. The molecule has 0 aromatic heterocycles. The molecule has 1 unspecified atom stereocenters. The predicted molar refractivity (Wildman–Crippen MR) is 105 cm³/mol. The van der Waals surface area contributed by atoms with E-state index in [4.69, 9.17) is 4.74 Å². The van der Waals surface area contributed by atoms with Crippen molar-refractivity contribution in [2.45, 2.75) is 32.2 Å². The van der Waals surface area contributed by atoms with Crippen LogP contribution in [0.5, 0.6) is 5.75 Å². The van der Waals surface area contributed by atoms with Gasteiger partial charge in [0.05, 0.1) is 7.11 Å². The zero-order chi connectivity index (χ0) is 17.5. The Hall–Kier alpha value is -1.84. The maximum Gasteiger partial charge on any atom is 0.126 e. The van der Waals surface area contributed by atoms with E-state index < -0.39 is 0 Å². The molecule has 25 heavy (non-hydrogen) atoms. The van der Waals surface area contributed by atoms with E-state index in [9.17, 15) is 0 Å². The molecule has 0 radical (unpaired) electrons. The van der Waals surface area contributed by atoms with E-state index in [2.05, 4.69) is 53.5 Å². The molecule has 1 fully saturated rings. The van der Waals surface area contributed by atoms with Crippen molar-refractivity contribution in [3.05, 3.63) is 54.1 Å². The van der Waals surface area contributed by atoms with Crippen LogP contribution in [-0.4, -0.2) is 38.2 Å². The molecule has 1 aliphatic rings. The van der Waals surface area contributed by atoms with Crippen LogP contribution in [0.1, 0.15) is 37.8 Å². The molecule has 1 heterocycles. The summed E-state index contributed by atoms with van der Waals surface area (Å²) in [4.78, 5) is 2.58. The minimum absolute atomic E-state index is 0.380. The minimum Gasteiger partial charge on any atom is -0.496 e. The SMILES string of the molecule is COc1ccccc1-c1ccc(C(C)NCCCN2CCCC2)cc1. The smallest absolute Gasteiger partial charge is 0.126 e. The topological polar surface area (TPSA) is 24.5 Å². The van der Waals surface area contributed by atoms with Gasteiger partial charge >= 0.3 is 0 Å². The fraction of sp³-hybridized carbons (Fsp3) is 0.455. The Morgan fingerprint density at radius 3 is 2.48 bits per heavy atom. The lowest BCUT2D eigenvalue weighted by atomic mass is 10.0.